The third-order valence-electron chi connectivity index (χ3n) is 3.92. The number of aryl methyl sites for hydroxylation is 1. The van der Waals surface area contributed by atoms with Crippen LogP contribution in [-0.2, 0) is 15.7 Å². The smallest absolute Gasteiger partial charge is 0.402 e. The van der Waals surface area contributed by atoms with Crippen LogP contribution >= 0.6 is 11.3 Å². The predicted molar refractivity (Wildman–Crippen MR) is 76.7 cm³/mol. The largest absolute Gasteiger partial charge is 0.481 e. The molecule has 1 aromatic heterocycles. The molecule has 0 saturated carbocycles. The van der Waals surface area contributed by atoms with Crippen molar-refractivity contribution in [1.82, 2.24) is 0 Å². The molecule has 0 aromatic carbocycles. The number of hydrogen-bond acceptors (Lipinski definition) is 4. The minimum Gasteiger partial charge on any atom is -0.402 e. The summed E-state index contributed by atoms with van der Waals surface area (Å²) in [6, 6.07) is 4.21. The minimum absolute atomic E-state index is 0.212. The van der Waals surface area contributed by atoms with Crippen LogP contribution in [-0.4, -0.2) is 18.3 Å². The van der Waals surface area contributed by atoms with Crippen LogP contribution in [0, 0.1) is 0 Å². The van der Waals surface area contributed by atoms with Crippen molar-refractivity contribution in [3.05, 3.63) is 21.9 Å². The van der Waals surface area contributed by atoms with E-state index in [4.69, 9.17) is 15.0 Å². The van der Waals surface area contributed by atoms with E-state index >= 15 is 0 Å². The third-order valence-corrected chi connectivity index (χ3v) is 5.26. The topological polar surface area (TPSA) is 44.5 Å². The summed E-state index contributed by atoms with van der Waals surface area (Å²) >= 11 is 1.74. The van der Waals surface area contributed by atoms with Gasteiger partial charge >= 0.3 is 7.12 Å². The maximum absolute atomic E-state index is 6.27. The maximum Gasteiger partial charge on any atom is 0.481 e. The fourth-order valence-corrected chi connectivity index (χ4v) is 2.90. The Bertz CT molecular complexity index is 414. The molecule has 1 saturated heterocycles. The summed E-state index contributed by atoms with van der Waals surface area (Å²) in [7, 11) is -0.363. The second-order valence-electron chi connectivity index (χ2n) is 5.81. The summed E-state index contributed by atoms with van der Waals surface area (Å²) < 4.78 is 12.0. The first-order valence-electron chi connectivity index (χ1n) is 6.46. The van der Waals surface area contributed by atoms with Crippen LogP contribution in [0.3, 0.4) is 0 Å². The molecule has 0 radical (unpaired) electrons. The lowest BCUT2D eigenvalue weighted by Crippen LogP contribution is -2.41. The van der Waals surface area contributed by atoms with Crippen molar-refractivity contribution in [3.63, 3.8) is 0 Å². The lowest BCUT2D eigenvalue weighted by atomic mass is 9.78. The molecule has 18 heavy (non-hydrogen) atoms. The lowest BCUT2D eigenvalue weighted by molar-refractivity contribution is 0.00578. The van der Waals surface area contributed by atoms with E-state index in [9.17, 15) is 0 Å². The molecule has 0 aliphatic carbocycles. The zero-order chi connectivity index (χ0) is 13.6. The van der Waals surface area contributed by atoms with Gasteiger partial charge in [-0.3, -0.25) is 0 Å². The molecule has 0 amide bonds. The Morgan fingerprint density at radius 2 is 1.78 bits per heavy atom. The van der Waals surface area contributed by atoms with Gasteiger partial charge in [-0.25, -0.2) is 0 Å². The van der Waals surface area contributed by atoms with E-state index in [0.29, 0.717) is 0 Å². The van der Waals surface area contributed by atoms with Gasteiger partial charge in [0.15, 0.2) is 0 Å². The van der Waals surface area contributed by atoms with Gasteiger partial charge in [0.25, 0.3) is 0 Å². The average molecular weight is 267 g/mol. The summed E-state index contributed by atoms with van der Waals surface area (Å²) in [6.07, 6.45) is 1.04. The van der Waals surface area contributed by atoms with Crippen LogP contribution in [0.2, 0.25) is 0 Å². The first-order chi connectivity index (χ1) is 8.27. The van der Waals surface area contributed by atoms with Crippen molar-refractivity contribution in [2.24, 2.45) is 5.73 Å². The van der Waals surface area contributed by atoms with Gasteiger partial charge in [0.2, 0.25) is 0 Å². The van der Waals surface area contributed by atoms with Crippen LogP contribution in [0.25, 0.3) is 0 Å². The van der Waals surface area contributed by atoms with Gasteiger partial charge < -0.3 is 15.0 Å². The highest BCUT2D eigenvalue weighted by molar-refractivity contribution is 7.12. The molecule has 2 N–H and O–H groups in total. The molecule has 1 aromatic rings. The standard InChI is InChI=1S/C13H22BNO2S/c1-6-9-7-8-10(18-9)11(15)14-16-12(2,3)13(4,5)17-14/h7-8,11H,6,15H2,1-5H3/t11-/m1/s1. The molecular weight excluding hydrogens is 245 g/mol. The van der Waals surface area contributed by atoms with E-state index in [-0.39, 0.29) is 24.3 Å². The Morgan fingerprint density at radius 3 is 2.22 bits per heavy atom. The minimum atomic E-state index is -0.363. The first-order valence-corrected chi connectivity index (χ1v) is 7.28. The molecule has 1 fully saturated rings. The molecule has 2 heterocycles. The normalized spacial score (nSPS) is 23.3. The van der Waals surface area contributed by atoms with Crippen molar-refractivity contribution in [2.45, 2.75) is 58.2 Å². The van der Waals surface area contributed by atoms with Crippen molar-refractivity contribution in [1.29, 1.82) is 0 Å². The predicted octanol–water partition coefficient (Wildman–Crippen LogP) is 2.94. The molecule has 2 rings (SSSR count). The van der Waals surface area contributed by atoms with E-state index in [2.05, 4.69) is 19.1 Å². The Hall–Kier alpha value is -0.355. The molecule has 100 valence electrons. The highest BCUT2D eigenvalue weighted by Crippen LogP contribution is 2.40. The van der Waals surface area contributed by atoms with Crippen LogP contribution in [0.4, 0.5) is 0 Å². The summed E-state index contributed by atoms with van der Waals surface area (Å²) in [5.74, 6) is -0.212. The second kappa shape index (κ2) is 4.64. The number of nitrogens with two attached hydrogens (primary N) is 1. The van der Waals surface area contributed by atoms with Crippen molar-refractivity contribution in [2.75, 3.05) is 0 Å². The van der Waals surface area contributed by atoms with Gasteiger partial charge in [0, 0.05) is 9.75 Å². The number of thiophene rings is 1. The molecule has 3 nitrogen and oxygen atoms in total. The van der Waals surface area contributed by atoms with E-state index in [1.54, 1.807) is 11.3 Å². The zero-order valence-electron chi connectivity index (χ0n) is 11.8. The molecule has 1 atom stereocenters. The second-order valence-corrected chi connectivity index (χ2v) is 7.01. The molecule has 0 spiro atoms. The fourth-order valence-electron chi connectivity index (χ4n) is 1.93. The van der Waals surface area contributed by atoms with E-state index in [1.807, 2.05) is 27.7 Å². The van der Waals surface area contributed by atoms with Gasteiger partial charge in [-0.15, -0.1) is 11.3 Å². The highest BCUT2D eigenvalue weighted by Gasteiger charge is 2.53. The number of rotatable bonds is 3. The van der Waals surface area contributed by atoms with Gasteiger partial charge in [-0.1, -0.05) is 6.92 Å². The quantitative estimate of drug-likeness (QED) is 0.856. The Balaban J connectivity index is 2.14. The lowest BCUT2D eigenvalue weighted by Gasteiger charge is -2.32. The first kappa shape index (κ1) is 14.1. The zero-order valence-corrected chi connectivity index (χ0v) is 12.6. The monoisotopic (exact) mass is 267 g/mol. The summed E-state index contributed by atoms with van der Waals surface area (Å²) in [5, 5.41) is 0. The summed E-state index contributed by atoms with van der Waals surface area (Å²) in [5.41, 5.74) is 5.63. The van der Waals surface area contributed by atoms with Crippen LogP contribution in [0.1, 0.15) is 50.3 Å². The molecule has 5 heteroatoms. The van der Waals surface area contributed by atoms with Gasteiger partial charge in [-0.05, 0) is 46.2 Å². The van der Waals surface area contributed by atoms with Crippen molar-refractivity contribution >= 4 is 18.5 Å². The fraction of sp³-hybridized carbons (Fsp3) is 0.692. The van der Waals surface area contributed by atoms with E-state index in [1.165, 1.54) is 4.88 Å². The summed E-state index contributed by atoms with van der Waals surface area (Å²) in [4.78, 5) is 2.47. The SMILES string of the molecule is CCc1ccc([C@@H](N)B2OC(C)(C)C(C)(C)O2)s1. The van der Waals surface area contributed by atoms with E-state index < -0.39 is 0 Å². The average Bonchev–Trinajstić information content (AvgIpc) is 2.81. The van der Waals surface area contributed by atoms with Crippen molar-refractivity contribution < 1.29 is 9.31 Å². The van der Waals surface area contributed by atoms with Crippen LogP contribution < -0.4 is 5.73 Å². The maximum atomic E-state index is 6.27. The Kier molecular flexibility index (Phi) is 3.62. The van der Waals surface area contributed by atoms with Crippen molar-refractivity contribution in [3.8, 4) is 0 Å². The molecule has 1 aliphatic heterocycles. The highest BCUT2D eigenvalue weighted by atomic mass is 32.1. The molecule has 0 bridgehead atoms. The Morgan fingerprint density at radius 1 is 1.22 bits per heavy atom. The summed E-state index contributed by atoms with van der Waals surface area (Å²) in [6.45, 7) is 10.3. The van der Waals surface area contributed by atoms with Gasteiger partial charge in [-0.2, -0.15) is 0 Å². The van der Waals surface area contributed by atoms with Crippen LogP contribution in [0.5, 0.6) is 0 Å². The van der Waals surface area contributed by atoms with Gasteiger partial charge in [0.1, 0.15) is 0 Å². The molecule has 1 aliphatic rings. The third kappa shape index (κ3) is 2.37. The molecule has 0 unspecified atom stereocenters. The Labute approximate surface area is 114 Å². The molecular formula is C13H22BNO2S. The van der Waals surface area contributed by atoms with E-state index in [0.717, 1.165) is 11.3 Å². The number of hydrogen-bond donors (Lipinski definition) is 1. The van der Waals surface area contributed by atoms with Gasteiger partial charge in [0.05, 0.1) is 17.1 Å². The van der Waals surface area contributed by atoms with Crippen LogP contribution in [0.15, 0.2) is 12.1 Å².